The molecule has 34 heavy (non-hydrogen) atoms. The normalized spacial score (nSPS) is 13.1. The molecule has 3 rings (SSSR count). The summed E-state index contributed by atoms with van der Waals surface area (Å²) in [5, 5.41) is 4.67. The van der Waals surface area contributed by atoms with Gasteiger partial charge in [0.15, 0.2) is 0 Å². The van der Waals surface area contributed by atoms with Crippen molar-refractivity contribution in [1.29, 1.82) is 0 Å². The van der Waals surface area contributed by atoms with Gasteiger partial charge in [0, 0.05) is 6.20 Å². The molecule has 184 valence electrons. The van der Waals surface area contributed by atoms with Crippen molar-refractivity contribution < 1.29 is 22.6 Å². The smallest absolute Gasteiger partial charge is 0.416 e. The van der Waals surface area contributed by atoms with E-state index < -0.39 is 11.7 Å². The first-order valence-electron chi connectivity index (χ1n) is 11.6. The monoisotopic (exact) mass is 474 g/mol. The van der Waals surface area contributed by atoms with Crippen LogP contribution in [0.5, 0.6) is 11.5 Å². The molecule has 0 bridgehead atoms. The maximum atomic E-state index is 12.9. The first-order valence-corrected chi connectivity index (χ1v) is 11.6. The van der Waals surface area contributed by atoms with Gasteiger partial charge in [-0.3, -0.25) is 0 Å². The van der Waals surface area contributed by atoms with E-state index in [0.29, 0.717) is 12.3 Å². The third-order valence-corrected chi connectivity index (χ3v) is 5.37. The molecule has 4 nitrogen and oxygen atoms in total. The summed E-state index contributed by atoms with van der Waals surface area (Å²) in [5.74, 6) is 1.77. The van der Waals surface area contributed by atoms with Gasteiger partial charge in [-0.1, -0.05) is 20.3 Å². The summed E-state index contributed by atoms with van der Waals surface area (Å²) in [6, 6.07) is 12.7. The predicted molar refractivity (Wildman–Crippen MR) is 128 cm³/mol. The van der Waals surface area contributed by atoms with Gasteiger partial charge >= 0.3 is 6.18 Å². The van der Waals surface area contributed by atoms with Crippen molar-refractivity contribution in [3.05, 3.63) is 71.5 Å². The molecule has 0 radical (unpaired) electrons. The summed E-state index contributed by atoms with van der Waals surface area (Å²) in [6.45, 7) is 10.8. The van der Waals surface area contributed by atoms with E-state index >= 15 is 0 Å². The number of hydrogen-bond acceptors (Lipinski definition) is 3. The molecule has 7 heteroatoms. The van der Waals surface area contributed by atoms with Crippen molar-refractivity contribution in [2.24, 2.45) is 0 Å². The van der Waals surface area contributed by atoms with Crippen LogP contribution in [0.3, 0.4) is 0 Å². The molecule has 0 saturated carbocycles. The molecule has 0 N–H and O–H groups in total. The molecule has 0 aliphatic rings. The third kappa shape index (κ3) is 7.02. The number of nitrogens with zero attached hydrogens (tertiary/aromatic N) is 2. The molecule has 0 aliphatic heterocycles. The molecular weight excluding hydrogens is 441 g/mol. The molecule has 1 heterocycles. The Morgan fingerprint density at radius 3 is 2.12 bits per heavy atom. The Balaban J connectivity index is 1.65. The van der Waals surface area contributed by atoms with Gasteiger partial charge in [0.25, 0.3) is 0 Å². The Morgan fingerprint density at radius 1 is 0.941 bits per heavy atom. The van der Waals surface area contributed by atoms with Crippen LogP contribution in [-0.4, -0.2) is 22.0 Å². The first kappa shape index (κ1) is 25.7. The van der Waals surface area contributed by atoms with Crippen LogP contribution in [0.4, 0.5) is 13.2 Å². The quantitative estimate of drug-likeness (QED) is 0.320. The topological polar surface area (TPSA) is 36.3 Å². The second kappa shape index (κ2) is 10.5. The largest absolute Gasteiger partial charge is 0.494 e. The standard InChI is InChI=1S/C27H33F3N2O2/c1-6-7-25-24(18-32(31-25)21-10-8-20(9-11-21)27(28,29)30)19(2)16-17-33-22-12-14-23(15-13-22)34-26(3,4)5/h8-15,18-19H,6-7,16-17H2,1-5H3. The fraction of sp³-hybridized carbons (Fsp3) is 0.444. The SMILES string of the molecule is CCCc1nn(-c2ccc(C(F)(F)F)cc2)cc1C(C)CCOc1ccc(OC(C)(C)C)cc1. The second-order valence-electron chi connectivity index (χ2n) is 9.49. The summed E-state index contributed by atoms with van der Waals surface area (Å²) in [6.07, 6.45) is 0.106. The molecular formula is C27H33F3N2O2. The summed E-state index contributed by atoms with van der Waals surface area (Å²) < 4.78 is 52.1. The first-order chi connectivity index (χ1) is 16.0. The Labute approximate surface area is 199 Å². The van der Waals surface area contributed by atoms with Crippen molar-refractivity contribution in [3.63, 3.8) is 0 Å². The van der Waals surface area contributed by atoms with Crippen LogP contribution in [0.2, 0.25) is 0 Å². The number of hydrogen-bond donors (Lipinski definition) is 0. The highest BCUT2D eigenvalue weighted by Crippen LogP contribution is 2.30. The lowest BCUT2D eigenvalue weighted by Gasteiger charge is -2.21. The highest BCUT2D eigenvalue weighted by Gasteiger charge is 2.30. The van der Waals surface area contributed by atoms with Gasteiger partial charge in [-0.05, 0) is 93.6 Å². The number of aromatic nitrogens is 2. The molecule has 1 atom stereocenters. The van der Waals surface area contributed by atoms with Gasteiger partial charge in [0.05, 0.1) is 23.6 Å². The minimum absolute atomic E-state index is 0.188. The van der Waals surface area contributed by atoms with Crippen LogP contribution in [0.15, 0.2) is 54.7 Å². The van der Waals surface area contributed by atoms with E-state index in [1.165, 1.54) is 12.1 Å². The van der Waals surface area contributed by atoms with Crippen LogP contribution in [-0.2, 0) is 12.6 Å². The number of halogens is 3. The maximum absolute atomic E-state index is 12.9. The van der Waals surface area contributed by atoms with Crippen LogP contribution >= 0.6 is 0 Å². The molecule has 0 fully saturated rings. The van der Waals surface area contributed by atoms with Crippen LogP contribution in [0.1, 0.15) is 70.2 Å². The molecule has 2 aromatic carbocycles. The van der Waals surface area contributed by atoms with Gasteiger partial charge in [-0.15, -0.1) is 0 Å². The van der Waals surface area contributed by atoms with E-state index in [2.05, 4.69) is 18.9 Å². The van der Waals surface area contributed by atoms with Crippen LogP contribution < -0.4 is 9.47 Å². The number of benzene rings is 2. The number of alkyl halides is 3. The van der Waals surface area contributed by atoms with Crippen molar-refractivity contribution in [1.82, 2.24) is 9.78 Å². The maximum Gasteiger partial charge on any atom is 0.416 e. The highest BCUT2D eigenvalue weighted by atomic mass is 19.4. The molecule has 1 unspecified atom stereocenters. The Morgan fingerprint density at radius 2 is 1.56 bits per heavy atom. The lowest BCUT2D eigenvalue weighted by atomic mass is 9.97. The van der Waals surface area contributed by atoms with Gasteiger partial charge in [0.2, 0.25) is 0 Å². The minimum atomic E-state index is -4.35. The lowest BCUT2D eigenvalue weighted by Crippen LogP contribution is -2.22. The van der Waals surface area contributed by atoms with E-state index in [0.717, 1.165) is 54.2 Å². The van der Waals surface area contributed by atoms with Crippen molar-refractivity contribution in [2.75, 3.05) is 6.61 Å². The van der Waals surface area contributed by atoms with E-state index in [9.17, 15) is 13.2 Å². The summed E-state index contributed by atoms with van der Waals surface area (Å²) in [5.41, 5.74) is 1.76. The predicted octanol–water partition coefficient (Wildman–Crippen LogP) is 7.59. The number of ether oxygens (including phenoxy) is 2. The minimum Gasteiger partial charge on any atom is -0.494 e. The molecule has 3 aromatic rings. The molecule has 0 saturated heterocycles. The highest BCUT2D eigenvalue weighted by molar-refractivity contribution is 5.37. The zero-order valence-corrected chi connectivity index (χ0v) is 20.4. The van der Waals surface area contributed by atoms with Crippen molar-refractivity contribution in [2.45, 2.75) is 71.6 Å². The fourth-order valence-electron chi connectivity index (χ4n) is 3.67. The van der Waals surface area contributed by atoms with Crippen molar-refractivity contribution in [3.8, 4) is 17.2 Å². The molecule has 1 aromatic heterocycles. The van der Waals surface area contributed by atoms with E-state index in [1.807, 2.05) is 51.2 Å². The van der Waals surface area contributed by atoms with Gasteiger partial charge in [-0.2, -0.15) is 18.3 Å². The van der Waals surface area contributed by atoms with Gasteiger partial charge < -0.3 is 9.47 Å². The Kier molecular flexibility index (Phi) is 7.95. The lowest BCUT2D eigenvalue weighted by molar-refractivity contribution is -0.137. The number of aryl methyl sites for hydroxylation is 1. The average Bonchev–Trinajstić information content (AvgIpc) is 3.18. The van der Waals surface area contributed by atoms with E-state index in [1.54, 1.807) is 4.68 Å². The average molecular weight is 475 g/mol. The summed E-state index contributed by atoms with van der Waals surface area (Å²) >= 11 is 0. The third-order valence-electron chi connectivity index (χ3n) is 5.37. The van der Waals surface area contributed by atoms with E-state index in [-0.39, 0.29) is 11.5 Å². The summed E-state index contributed by atoms with van der Waals surface area (Å²) in [7, 11) is 0. The summed E-state index contributed by atoms with van der Waals surface area (Å²) in [4.78, 5) is 0. The van der Waals surface area contributed by atoms with Crippen LogP contribution in [0.25, 0.3) is 5.69 Å². The van der Waals surface area contributed by atoms with Gasteiger partial charge in [0.1, 0.15) is 17.1 Å². The Bertz CT molecular complexity index is 1050. The van der Waals surface area contributed by atoms with Crippen LogP contribution in [0, 0.1) is 0 Å². The van der Waals surface area contributed by atoms with Crippen molar-refractivity contribution >= 4 is 0 Å². The zero-order valence-electron chi connectivity index (χ0n) is 20.4. The fourth-order valence-corrected chi connectivity index (χ4v) is 3.67. The zero-order chi connectivity index (χ0) is 24.9. The van der Waals surface area contributed by atoms with E-state index in [4.69, 9.17) is 9.47 Å². The second-order valence-corrected chi connectivity index (χ2v) is 9.49. The molecule has 0 amide bonds. The Hall–Kier alpha value is -2.96. The number of rotatable bonds is 9. The molecule has 0 spiro atoms. The molecule has 0 aliphatic carbocycles. The van der Waals surface area contributed by atoms with Gasteiger partial charge in [-0.25, -0.2) is 4.68 Å².